The molecule has 0 atom stereocenters. The first-order valence-corrected chi connectivity index (χ1v) is 5.10. The number of Topliss-reactive ketones (excluding diaryl/α,β-unsaturated/α-hetero) is 1. The van der Waals surface area contributed by atoms with Crippen molar-refractivity contribution in [1.82, 2.24) is 4.90 Å². The Morgan fingerprint density at radius 3 is 2.33 bits per heavy atom. The Hall–Kier alpha value is -1.19. The Bertz CT molecular complexity index is 317. The molecule has 0 aromatic heterocycles. The van der Waals surface area contributed by atoms with Crippen LogP contribution in [0.1, 0.15) is 15.9 Å². The van der Waals surface area contributed by atoms with Crippen LogP contribution in [0.3, 0.4) is 0 Å². The van der Waals surface area contributed by atoms with Gasteiger partial charge in [0.1, 0.15) is 0 Å². The molecule has 0 aliphatic heterocycles. The van der Waals surface area contributed by atoms with Gasteiger partial charge in [0.05, 0.1) is 6.54 Å². The van der Waals surface area contributed by atoms with Crippen molar-refractivity contribution in [2.24, 2.45) is 5.73 Å². The molecule has 1 aromatic rings. The Balaban J connectivity index is 2.60. The maximum absolute atomic E-state index is 11.3. The van der Waals surface area contributed by atoms with E-state index in [1.165, 1.54) is 5.56 Å². The van der Waals surface area contributed by atoms with Gasteiger partial charge in [-0.2, -0.15) is 0 Å². The van der Waals surface area contributed by atoms with Crippen LogP contribution >= 0.6 is 0 Å². The molecule has 0 aliphatic carbocycles. The maximum Gasteiger partial charge on any atom is 0.176 e. The minimum Gasteiger partial charge on any atom is -0.324 e. The minimum atomic E-state index is -0.00541. The summed E-state index contributed by atoms with van der Waals surface area (Å²) in [7, 11) is 4.10. The maximum atomic E-state index is 11.3. The normalized spacial score (nSPS) is 10.7. The van der Waals surface area contributed by atoms with Crippen molar-refractivity contribution in [2.75, 3.05) is 27.2 Å². The van der Waals surface area contributed by atoms with E-state index in [9.17, 15) is 4.79 Å². The van der Waals surface area contributed by atoms with Crippen LogP contribution in [0.5, 0.6) is 0 Å². The summed E-state index contributed by atoms with van der Waals surface area (Å²) in [4.78, 5) is 13.4. The van der Waals surface area contributed by atoms with Gasteiger partial charge in [-0.15, -0.1) is 0 Å². The molecule has 0 bridgehead atoms. The summed E-state index contributed by atoms with van der Waals surface area (Å²) in [6.45, 7) is 1.10. The van der Waals surface area contributed by atoms with Crippen LogP contribution in [-0.4, -0.2) is 37.9 Å². The van der Waals surface area contributed by atoms with E-state index in [4.69, 9.17) is 5.73 Å². The summed E-state index contributed by atoms with van der Waals surface area (Å²) in [5.74, 6) is -0.00541. The Morgan fingerprint density at radius 1 is 1.27 bits per heavy atom. The molecule has 0 heterocycles. The molecule has 0 radical (unpaired) electrons. The van der Waals surface area contributed by atoms with E-state index in [0.29, 0.717) is 5.56 Å². The molecule has 1 aromatic carbocycles. The fraction of sp³-hybridized carbons (Fsp3) is 0.417. The SMILES string of the molecule is CN(C)CCc1ccc(C(=O)CN)cc1. The van der Waals surface area contributed by atoms with E-state index >= 15 is 0 Å². The van der Waals surface area contributed by atoms with Crippen molar-refractivity contribution in [3.05, 3.63) is 35.4 Å². The van der Waals surface area contributed by atoms with Crippen molar-refractivity contribution in [2.45, 2.75) is 6.42 Å². The number of hydrogen-bond donors (Lipinski definition) is 1. The monoisotopic (exact) mass is 206 g/mol. The van der Waals surface area contributed by atoms with Gasteiger partial charge in [-0.25, -0.2) is 0 Å². The molecule has 0 saturated heterocycles. The van der Waals surface area contributed by atoms with Gasteiger partial charge in [0.25, 0.3) is 0 Å². The van der Waals surface area contributed by atoms with Gasteiger partial charge in [-0.1, -0.05) is 24.3 Å². The first-order chi connectivity index (χ1) is 7.13. The predicted molar refractivity (Wildman–Crippen MR) is 62.1 cm³/mol. The second-order valence-corrected chi connectivity index (χ2v) is 3.88. The zero-order valence-corrected chi connectivity index (χ0v) is 9.36. The molecule has 0 fully saturated rings. The molecule has 15 heavy (non-hydrogen) atoms. The lowest BCUT2D eigenvalue weighted by molar-refractivity contribution is 0.100. The van der Waals surface area contributed by atoms with Gasteiger partial charge in [0.2, 0.25) is 0 Å². The molecule has 2 N–H and O–H groups in total. The highest BCUT2D eigenvalue weighted by Crippen LogP contribution is 2.05. The summed E-state index contributed by atoms with van der Waals surface area (Å²) in [6.07, 6.45) is 1.00. The molecule has 82 valence electrons. The van der Waals surface area contributed by atoms with Crippen molar-refractivity contribution >= 4 is 5.78 Å². The molecule has 0 saturated carbocycles. The van der Waals surface area contributed by atoms with Gasteiger partial charge in [-0.3, -0.25) is 4.79 Å². The number of nitrogens with two attached hydrogens (primary N) is 1. The van der Waals surface area contributed by atoms with E-state index in [1.54, 1.807) is 0 Å². The van der Waals surface area contributed by atoms with Gasteiger partial charge in [0, 0.05) is 12.1 Å². The lowest BCUT2D eigenvalue weighted by Gasteiger charge is -2.09. The average Bonchev–Trinajstić information content (AvgIpc) is 2.26. The summed E-state index contributed by atoms with van der Waals surface area (Å²) in [5.41, 5.74) is 7.23. The highest BCUT2D eigenvalue weighted by molar-refractivity contribution is 5.97. The fourth-order valence-electron chi connectivity index (χ4n) is 1.33. The van der Waals surface area contributed by atoms with Crippen LogP contribution in [0.25, 0.3) is 0 Å². The van der Waals surface area contributed by atoms with Crippen LogP contribution in [0, 0.1) is 0 Å². The summed E-state index contributed by atoms with van der Waals surface area (Å²) < 4.78 is 0. The van der Waals surface area contributed by atoms with Gasteiger partial charge in [0.15, 0.2) is 5.78 Å². The number of likely N-dealkylation sites (N-methyl/N-ethyl adjacent to an activating group) is 1. The smallest absolute Gasteiger partial charge is 0.176 e. The van der Waals surface area contributed by atoms with Crippen LogP contribution in [0.4, 0.5) is 0 Å². The van der Waals surface area contributed by atoms with E-state index in [0.717, 1.165) is 13.0 Å². The molecule has 3 nitrogen and oxygen atoms in total. The zero-order chi connectivity index (χ0) is 11.3. The summed E-state index contributed by atoms with van der Waals surface area (Å²) in [6, 6.07) is 7.68. The molecule has 1 rings (SSSR count). The first-order valence-electron chi connectivity index (χ1n) is 5.10. The quantitative estimate of drug-likeness (QED) is 0.729. The van der Waals surface area contributed by atoms with E-state index in [-0.39, 0.29) is 12.3 Å². The van der Waals surface area contributed by atoms with Crippen LogP contribution in [0.15, 0.2) is 24.3 Å². The Labute approximate surface area is 90.9 Å². The third-order valence-electron chi connectivity index (χ3n) is 2.31. The van der Waals surface area contributed by atoms with Gasteiger partial charge in [-0.05, 0) is 26.1 Å². The van der Waals surface area contributed by atoms with Crippen LogP contribution in [-0.2, 0) is 6.42 Å². The number of carbonyl (C=O) groups excluding carboxylic acids is 1. The third-order valence-corrected chi connectivity index (χ3v) is 2.31. The predicted octanol–water partition coefficient (Wildman–Crippen LogP) is 0.932. The molecule has 0 amide bonds. The number of benzene rings is 1. The molecule has 0 aliphatic rings. The Morgan fingerprint density at radius 2 is 1.87 bits per heavy atom. The largest absolute Gasteiger partial charge is 0.324 e. The highest BCUT2D eigenvalue weighted by Gasteiger charge is 2.02. The highest BCUT2D eigenvalue weighted by atomic mass is 16.1. The average molecular weight is 206 g/mol. The second kappa shape index (κ2) is 5.63. The molecule has 0 spiro atoms. The summed E-state index contributed by atoms with van der Waals surface area (Å²) in [5, 5.41) is 0. The van der Waals surface area contributed by atoms with Gasteiger partial charge < -0.3 is 10.6 Å². The summed E-state index contributed by atoms with van der Waals surface area (Å²) >= 11 is 0. The van der Waals surface area contributed by atoms with E-state index < -0.39 is 0 Å². The lowest BCUT2D eigenvalue weighted by Crippen LogP contribution is -2.15. The van der Waals surface area contributed by atoms with Crippen LogP contribution in [0.2, 0.25) is 0 Å². The van der Waals surface area contributed by atoms with E-state index in [1.807, 2.05) is 38.4 Å². The number of hydrogen-bond acceptors (Lipinski definition) is 3. The first kappa shape index (κ1) is 11.9. The lowest BCUT2D eigenvalue weighted by atomic mass is 10.1. The molecular formula is C12H18N2O. The van der Waals surface area contributed by atoms with Crippen LogP contribution < -0.4 is 5.73 Å². The fourth-order valence-corrected chi connectivity index (χ4v) is 1.33. The number of carbonyl (C=O) groups is 1. The van der Waals surface area contributed by atoms with E-state index in [2.05, 4.69) is 4.90 Å². The number of ketones is 1. The number of nitrogens with zero attached hydrogens (tertiary/aromatic N) is 1. The van der Waals surface area contributed by atoms with Gasteiger partial charge >= 0.3 is 0 Å². The zero-order valence-electron chi connectivity index (χ0n) is 9.36. The third kappa shape index (κ3) is 3.81. The Kier molecular flexibility index (Phi) is 4.46. The van der Waals surface area contributed by atoms with Crippen molar-refractivity contribution in [1.29, 1.82) is 0 Å². The molecule has 0 unspecified atom stereocenters. The molecular weight excluding hydrogens is 188 g/mol. The number of rotatable bonds is 5. The van der Waals surface area contributed by atoms with Crippen molar-refractivity contribution < 1.29 is 4.79 Å². The van der Waals surface area contributed by atoms with Crippen molar-refractivity contribution in [3.63, 3.8) is 0 Å². The van der Waals surface area contributed by atoms with Crippen molar-refractivity contribution in [3.8, 4) is 0 Å². The minimum absolute atomic E-state index is 0.00541. The standard InChI is InChI=1S/C12H18N2O/c1-14(2)8-7-10-3-5-11(6-4-10)12(15)9-13/h3-6H,7-9,13H2,1-2H3. The molecule has 3 heteroatoms. The topological polar surface area (TPSA) is 46.3 Å². The second-order valence-electron chi connectivity index (χ2n) is 3.88.